The van der Waals surface area contributed by atoms with Crippen molar-refractivity contribution in [1.29, 1.82) is 0 Å². The maximum atomic E-state index is 6.10. The number of hydrogen-bond donors (Lipinski definition) is 1. The molecule has 17 heavy (non-hydrogen) atoms. The molecule has 0 aliphatic heterocycles. The number of benzene rings is 1. The fraction of sp³-hybridized carbons (Fsp3) is 0.600. The first-order valence-electron chi connectivity index (χ1n) is 6.25. The van der Waals surface area contributed by atoms with Crippen LogP contribution in [0.1, 0.15) is 44.4 Å². The van der Waals surface area contributed by atoms with Crippen LogP contribution < -0.4 is 10.5 Å². The summed E-state index contributed by atoms with van der Waals surface area (Å²) in [5, 5.41) is 0. The molecule has 0 heterocycles. The minimum atomic E-state index is -0.212. The lowest BCUT2D eigenvalue weighted by Gasteiger charge is -2.23. The highest BCUT2D eigenvalue weighted by Gasteiger charge is 2.17. The maximum Gasteiger partial charge on any atom is 0.126 e. The largest absolute Gasteiger partial charge is 0.490 e. The number of rotatable bonds is 4. The van der Waals surface area contributed by atoms with Crippen molar-refractivity contribution in [3.8, 4) is 5.75 Å². The van der Waals surface area contributed by atoms with Crippen molar-refractivity contribution in [3.05, 3.63) is 28.8 Å². The Kier molecular flexibility index (Phi) is 4.21. The average Bonchev–Trinajstić information content (AvgIpc) is 2.15. The fourth-order valence-electron chi connectivity index (χ4n) is 1.88. The minimum absolute atomic E-state index is 0.190. The second-order valence-corrected chi connectivity index (χ2v) is 5.83. The molecule has 0 aliphatic rings. The predicted molar refractivity (Wildman–Crippen MR) is 73.7 cm³/mol. The van der Waals surface area contributed by atoms with Crippen molar-refractivity contribution in [2.24, 2.45) is 5.73 Å². The third-order valence-electron chi connectivity index (χ3n) is 2.76. The smallest absolute Gasteiger partial charge is 0.126 e. The highest BCUT2D eigenvalue weighted by molar-refractivity contribution is 5.46. The van der Waals surface area contributed by atoms with Crippen LogP contribution in [0.4, 0.5) is 0 Å². The molecule has 1 aromatic carbocycles. The zero-order chi connectivity index (χ0) is 13.2. The number of aryl methyl sites for hydroxylation is 1. The topological polar surface area (TPSA) is 35.2 Å². The molecular weight excluding hydrogens is 210 g/mol. The van der Waals surface area contributed by atoms with Crippen molar-refractivity contribution in [1.82, 2.24) is 0 Å². The number of ether oxygens (including phenoxy) is 1. The summed E-state index contributed by atoms with van der Waals surface area (Å²) in [6.07, 6.45) is 1.02. The normalized spacial score (nSPS) is 12.0. The Labute approximate surface area is 105 Å². The molecule has 0 radical (unpaired) electrons. The van der Waals surface area contributed by atoms with E-state index in [0.717, 1.165) is 12.2 Å². The standard InChI is InChI=1S/C15H25NO/c1-10(2)17-14-12(4)11(3)7-8-13(14)9-15(5,6)16/h7-8,10H,9,16H2,1-6H3. The Morgan fingerprint density at radius 1 is 1.24 bits per heavy atom. The van der Waals surface area contributed by atoms with Crippen LogP contribution in [0.2, 0.25) is 0 Å². The van der Waals surface area contributed by atoms with Crippen LogP contribution >= 0.6 is 0 Å². The quantitative estimate of drug-likeness (QED) is 0.868. The molecule has 2 heteroatoms. The van der Waals surface area contributed by atoms with Crippen molar-refractivity contribution in [3.63, 3.8) is 0 Å². The first-order chi connectivity index (χ1) is 7.70. The monoisotopic (exact) mass is 235 g/mol. The lowest BCUT2D eigenvalue weighted by atomic mass is 9.93. The van der Waals surface area contributed by atoms with Crippen LogP contribution in [0.3, 0.4) is 0 Å². The molecule has 0 spiro atoms. The predicted octanol–water partition coefficient (Wildman–Crippen LogP) is 3.37. The van der Waals surface area contributed by atoms with Gasteiger partial charge in [-0.25, -0.2) is 0 Å². The van der Waals surface area contributed by atoms with Gasteiger partial charge in [0.15, 0.2) is 0 Å². The molecule has 1 rings (SSSR count). The molecule has 1 aromatic rings. The third-order valence-corrected chi connectivity index (χ3v) is 2.76. The highest BCUT2D eigenvalue weighted by atomic mass is 16.5. The van der Waals surface area contributed by atoms with E-state index in [4.69, 9.17) is 10.5 Å². The van der Waals surface area contributed by atoms with E-state index in [1.807, 2.05) is 13.8 Å². The van der Waals surface area contributed by atoms with Crippen molar-refractivity contribution in [2.75, 3.05) is 0 Å². The molecular formula is C15H25NO. The lowest BCUT2D eigenvalue weighted by Crippen LogP contribution is -2.34. The summed E-state index contributed by atoms with van der Waals surface area (Å²) < 4.78 is 5.95. The fourth-order valence-corrected chi connectivity index (χ4v) is 1.88. The van der Waals surface area contributed by atoms with Gasteiger partial charge in [0.1, 0.15) is 5.75 Å². The molecule has 0 unspecified atom stereocenters. The second-order valence-electron chi connectivity index (χ2n) is 5.83. The molecule has 0 amide bonds. The van der Waals surface area contributed by atoms with Gasteiger partial charge < -0.3 is 10.5 Å². The summed E-state index contributed by atoms with van der Waals surface area (Å²) in [6, 6.07) is 4.28. The highest BCUT2D eigenvalue weighted by Crippen LogP contribution is 2.29. The van der Waals surface area contributed by atoms with E-state index in [-0.39, 0.29) is 11.6 Å². The Bertz CT molecular complexity index is 389. The zero-order valence-corrected chi connectivity index (χ0v) is 11.9. The molecule has 0 atom stereocenters. The summed E-state index contributed by atoms with van der Waals surface area (Å²) in [4.78, 5) is 0. The van der Waals surface area contributed by atoms with E-state index >= 15 is 0 Å². The molecule has 2 N–H and O–H groups in total. The van der Waals surface area contributed by atoms with E-state index in [2.05, 4.69) is 39.8 Å². The van der Waals surface area contributed by atoms with Gasteiger partial charge >= 0.3 is 0 Å². The minimum Gasteiger partial charge on any atom is -0.490 e. The van der Waals surface area contributed by atoms with Gasteiger partial charge in [0.05, 0.1) is 6.10 Å². The van der Waals surface area contributed by atoms with E-state index in [1.54, 1.807) is 0 Å². The zero-order valence-electron chi connectivity index (χ0n) is 11.9. The van der Waals surface area contributed by atoms with Crippen LogP contribution in [0, 0.1) is 13.8 Å². The van der Waals surface area contributed by atoms with Gasteiger partial charge in [0.25, 0.3) is 0 Å². The first-order valence-corrected chi connectivity index (χ1v) is 6.25. The molecule has 0 fully saturated rings. The Balaban J connectivity index is 3.15. The van der Waals surface area contributed by atoms with Gasteiger partial charge in [-0.2, -0.15) is 0 Å². The molecule has 0 saturated heterocycles. The van der Waals surface area contributed by atoms with Gasteiger partial charge in [-0.05, 0) is 64.7 Å². The Morgan fingerprint density at radius 3 is 2.29 bits per heavy atom. The van der Waals surface area contributed by atoms with E-state index in [1.165, 1.54) is 16.7 Å². The molecule has 0 saturated carbocycles. The van der Waals surface area contributed by atoms with Gasteiger partial charge in [-0.15, -0.1) is 0 Å². The molecule has 2 nitrogen and oxygen atoms in total. The van der Waals surface area contributed by atoms with Gasteiger partial charge in [-0.3, -0.25) is 0 Å². The van der Waals surface area contributed by atoms with Crippen LogP contribution in [-0.4, -0.2) is 11.6 Å². The van der Waals surface area contributed by atoms with E-state index in [9.17, 15) is 0 Å². The molecule has 0 aliphatic carbocycles. The van der Waals surface area contributed by atoms with E-state index in [0.29, 0.717) is 0 Å². The SMILES string of the molecule is Cc1ccc(CC(C)(C)N)c(OC(C)C)c1C. The van der Waals surface area contributed by atoms with E-state index < -0.39 is 0 Å². The summed E-state index contributed by atoms with van der Waals surface area (Å²) in [5.41, 5.74) is 9.58. The second kappa shape index (κ2) is 5.09. The van der Waals surface area contributed by atoms with Crippen molar-refractivity contribution in [2.45, 2.75) is 59.6 Å². The number of nitrogens with two attached hydrogens (primary N) is 1. The summed E-state index contributed by atoms with van der Waals surface area (Å²) in [5.74, 6) is 1.01. The molecule has 96 valence electrons. The van der Waals surface area contributed by atoms with Gasteiger partial charge in [0, 0.05) is 5.54 Å². The third kappa shape index (κ3) is 4.04. The summed E-state index contributed by atoms with van der Waals surface area (Å²) >= 11 is 0. The first kappa shape index (κ1) is 14.0. The van der Waals surface area contributed by atoms with Crippen LogP contribution in [-0.2, 0) is 6.42 Å². The Morgan fingerprint density at radius 2 is 1.82 bits per heavy atom. The summed E-state index contributed by atoms with van der Waals surface area (Å²) in [6.45, 7) is 12.4. The summed E-state index contributed by atoms with van der Waals surface area (Å²) in [7, 11) is 0. The average molecular weight is 235 g/mol. The van der Waals surface area contributed by atoms with Crippen molar-refractivity contribution < 1.29 is 4.74 Å². The molecule has 0 aromatic heterocycles. The Hall–Kier alpha value is -1.02. The molecule has 0 bridgehead atoms. The van der Waals surface area contributed by atoms with Crippen LogP contribution in [0.15, 0.2) is 12.1 Å². The maximum absolute atomic E-state index is 6.10. The lowest BCUT2D eigenvalue weighted by molar-refractivity contribution is 0.237. The van der Waals surface area contributed by atoms with Crippen molar-refractivity contribution >= 4 is 0 Å². The number of hydrogen-bond acceptors (Lipinski definition) is 2. The van der Waals surface area contributed by atoms with Gasteiger partial charge in [-0.1, -0.05) is 12.1 Å². The van der Waals surface area contributed by atoms with Gasteiger partial charge in [0.2, 0.25) is 0 Å². The van der Waals surface area contributed by atoms with Crippen LogP contribution in [0.25, 0.3) is 0 Å². The van der Waals surface area contributed by atoms with Crippen LogP contribution in [0.5, 0.6) is 5.75 Å².